The van der Waals surface area contributed by atoms with Crippen LogP contribution in [0.3, 0.4) is 0 Å². The third-order valence-corrected chi connectivity index (χ3v) is 2.64. The van der Waals surface area contributed by atoms with Gasteiger partial charge in [0.1, 0.15) is 0 Å². The number of nitrogens with zero attached hydrogens (tertiary/aromatic N) is 3. The summed E-state index contributed by atoms with van der Waals surface area (Å²) in [5.74, 6) is 0. The highest BCUT2D eigenvalue weighted by atomic mass is 32.1. The molecule has 0 aliphatic heterocycles. The van der Waals surface area contributed by atoms with E-state index in [9.17, 15) is 0 Å². The third-order valence-electron chi connectivity index (χ3n) is 2.55. The molecule has 0 radical (unpaired) electrons. The zero-order chi connectivity index (χ0) is 14.2. The Morgan fingerprint density at radius 2 is 1.60 bits per heavy atom. The zero-order valence-electron chi connectivity index (χ0n) is 10.9. The largest absolute Gasteiger partial charge is 0.375 e. The van der Waals surface area contributed by atoms with E-state index in [0.29, 0.717) is 12.8 Å². The summed E-state index contributed by atoms with van der Waals surface area (Å²) in [4.78, 5) is 8.59. The fourth-order valence-corrected chi connectivity index (χ4v) is 1.74. The van der Waals surface area contributed by atoms with Gasteiger partial charge in [-0.05, 0) is 36.5 Å². The molecular weight excluding hydrogens is 270 g/mol. The molecule has 0 saturated carbocycles. The molecule has 3 N–H and O–H groups in total. The number of aromatic nitrogens is 2. The Balaban J connectivity index is 2.12. The smallest absolute Gasteiger partial charge is 0.184 e. The van der Waals surface area contributed by atoms with Crippen molar-refractivity contribution >= 4 is 23.0 Å². The normalized spacial score (nSPS) is 9.80. The molecule has 20 heavy (non-hydrogen) atoms. The first-order chi connectivity index (χ1) is 9.74. The Morgan fingerprint density at radius 1 is 1.05 bits per heavy atom. The van der Waals surface area contributed by atoms with Crippen LogP contribution in [0.15, 0.2) is 53.9 Å². The van der Waals surface area contributed by atoms with Gasteiger partial charge in [-0.3, -0.25) is 15.4 Å². The van der Waals surface area contributed by atoms with E-state index in [-0.39, 0.29) is 5.11 Å². The summed E-state index contributed by atoms with van der Waals surface area (Å²) in [5, 5.41) is 4.38. The molecule has 2 heterocycles. The highest BCUT2D eigenvalue weighted by Crippen LogP contribution is 2.03. The van der Waals surface area contributed by atoms with Gasteiger partial charge in [-0.25, -0.2) is 0 Å². The molecule has 6 heteroatoms. The minimum Gasteiger partial charge on any atom is -0.375 e. The van der Waals surface area contributed by atoms with E-state index in [1.165, 1.54) is 0 Å². The standard InChI is InChI=1S/C14H15N5S/c15-14(20)19-18-13(9-11-5-1-3-7-16-11)10-12-6-2-4-8-17-12/h1-8H,9-10H2,(H3,15,19,20). The average Bonchev–Trinajstić information content (AvgIpc) is 2.47. The SMILES string of the molecule is NC(=S)NN=C(Cc1ccccn1)Cc1ccccn1. The summed E-state index contributed by atoms with van der Waals surface area (Å²) in [5.41, 5.74) is 10.8. The van der Waals surface area contributed by atoms with Gasteiger partial charge in [-0.2, -0.15) is 5.10 Å². The summed E-state index contributed by atoms with van der Waals surface area (Å²) in [7, 11) is 0. The van der Waals surface area contributed by atoms with Gasteiger partial charge in [0.25, 0.3) is 0 Å². The molecule has 0 bridgehead atoms. The molecule has 0 amide bonds. The van der Waals surface area contributed by atoms with Crippen molar-refractivity contribution in [3.05, 3.63) is 60.2 Å². The lowest BCUT2D eigenvalue weighted by atomic mass is 10.1. The van der Waals surface area contributed by atoms with Gasteiger partial charge in [0, 0.05) is 36.6 Å². The molecule has 0 spiro atoms. The molecule has 0 aliphatic rings. The van der Waals surface area contributed by atoms with Crippen molar-refractivity contribution in [3.63, 3.8) is 0 Å². The molecule has 0 saturated heterocycles. The maximum Gasteiger partial charge on any atom is 0.184 e. The lowest BCUT2D eigenvalue weighted by Gasteiger charge is -2.06. The monoisotopic (exact) mass is 285 g/mol. The van der Waals surface area contributed by atoms with Gasteiger partial charge in [0.05, 0.1) is 5.71 Å². The topological polar surface area (TPSA) is 76.2 Å². The van der Waals surface area contributed by atoms with Crippen LogP contribution >= 0.6 is 12.2 Å². The van der Waals surface area contributed by atoms with E-state index in [2.05, 4.69) is 20.5 Å². The lowest BCUT2D eigenvalue weighted by Crippen LogP contribution is -2.26. The number of rotatable bonds is 5. The molecule has 0 aliphatic carbocycles. The molecule has 2 aromatic rings. The Morgan fingerprint density at radius 3 is 2.00 bits per heavy atom. The van der Waals surface area contributed by atoms with Crippen LogP contribution in [-0.4, -0.2) is 20.8 Å². The van der Waals surface area contributed by atoms with E-state index in [1.807, 2.05) is 36.4 Å². The first-order valence-corrected chi connectivity index (χ1v) is 6.55. The van der Waals surface area contributed by atoms with Crippen LogP contribution < -0.4 is 11.2 Å². The number of hydrazone groups is 1. The minimum absolute atomic E-state index is 0.143. The fourth-order valence-electron chi connectivity index (χ4n) is 1.70. The molecule has 0 aromatic carbocycles. The van der Waals surface area contributed by atoms with E-state index in [4.69, 9.17) is 18.0 Å². The molecule has 102 valence electrons. The van der Waals surface area contributed by atoms with E-state index >= 15 is 0 Å². The first-order valence-electron chi connectivity index (χ1n) is 6.15. The highest BCUT2D eigenvalue weighted by molar-refractivity contribution is 7.80. The van der Waals surface area contributed by atoms with Crippen LogP contribution in [0.1, 0.15) is 11.4 Å². The Bertz CT molecular complexity index is 540. The van der Waals surface area contributed by atoms with Gasteiger partial charge in [-0.15, -0.1) is 0 Å². The Labute approximate surface area is 123 Å². The molecule has 2 rings (SSSR count). The van der Waals surface area contributed by atoms with E-state index in [0.717, 1.165) is 17.1 Å². The summed E-state index contributed by atoms with van der Waals surface area (Å²) in [6, 6.07) is 11.6. The summed E-state index contributed by atoms with van der Waals surface area (Å²) in [6.07, 6.45) is 4.75. The number of thiocarbonyl (C=S) groups is 1. The van der Waals surface area contributed by atoms with Crippen LogP contribution in [-0.2, 0) is 12.8 Å². The van der Waals surface area contributed by atoms with Crippen molar-refractivity contribution in [1.29, 1.82) is 0 Å². The quantitative estimate of drug-likeness (QED) is 0.494. The fraction of sp³-hybridized carbons (Fsp3) is 0.143. The van der Waals surface area contributed by atoms with E-state index in [1.54, 1.807) is 12.4 Å². The molecule has 0 atom stereocenters. The number of nitrogens with two attached hydrogens (primary N) is 1. The lowest BCUT2D eigenvalue weighted by molar-refractivity contribution is 0.977. The van der Waals surface area contributed by atoms with Crippen LogP contribution in [0.4, 0.5) is 0 Å². The minimum atomic E-state index is 0.143. The van der Waals surface area contributed by atoms with Crippen LogP contribution in [0.25, 0.3) is 0 Å². The zero-order valence-corrected chi connectivity index (χ0v) is 11.7. The number of pyridine rings is 2. The number of nitrogens with one attached hydrogen (secondary N) is 1. The summed E-state index contributed by atoms with van der Waals surface area (Å²) < 4.78 is 0. The second kappa shape index (κ2) is 7.30. The van der Waals surface area contributed by atoms with Gasteiger partial charge in [-0.1, -0.05) is 12.1 Å². The molecule has 2 aromatic heterocycles. The predicted octanol–water partition coefficient (Wildman–Crippen LogP) is 1.45. The number of hydrogen-bond donors (Lipinski definition) is 2. The molecule has 0 fully saturated rings. The molecule has 0 unspecified atom stereocenters. The van der Waals surface area contributed by atoms with Crippen LogP contribution in [0.5, 0.6) is 0 Å². The van der Waals surface area contributed by atoms with Crippen molar-refractivity contribution in [1.82, 2.24) is 15.4 Å². The Hall–Kier alpha value is -2.34. The van der Waals surface area contributed by atoms with Gasteiger partial charge >= 0.3 is 0 Å². The second-order valence-electron chi connectivity index (χ2n) is 4.15. The second-order valence-corrected chi connectivity index (χ2v) is 4.59. The van der Waals surface area contributed by atoms with Crippen LogP contribution in [0, 0.1) is 0 Å². The molecular formula is C14H15N5S. The molecule has 5 nitrogen and oxygen atoms in total. The maximum atomic E-state index is 5.41. The predicted molar refractivity (Wildman–Crippen MR) is 83.2 cm³/mol. The third kappa shape index (κ3) is 4.74. The van der Waals surface area contributed by atoms with Crippen molar-refractivity contribution in [2.24, 2.45) is 10.8 Å². The number of hydrogen-bond acceptors (Lipinski definition) is 4. The van der Waals surface area contributed by atoms with Gasteiger partial charge < -0.3 is 5.73 Å². The van der Waals surface area contributed by atoms with Crippen molar-refractivity contribution < 1.29 is 0 Å². The summed E-state index contributed by atoms with van der Waals surface area (Å²) >= 11 is 4.77. The summed E-state index contributed by atoms with van der Waals surface area (Å²) in [6.45, 7) is 0. The first kappa shape index (κ1) is 14.1. The highest BCUT2D eigenvalue weighted by Gasteiger charge is 2.05. The average molecular weight is 285 g/mol. The van der Waals surface area contributed by atoms with E-state index < -0.39 is 0 Å². The van der Waals surface area contributed by atoms with Gasteiger partial charge in [0.15, 0.2) is 5.11 Å². The van der Waals surface area contributed by atoms with Crippen LogP contribution in [0.2, 0.25) is 0 Å². The van der Waals surface area contributed by atoms with Crippen molar-refractivity contribution in [3.8, 4) is 0 Å². The Kier molecular flexibility index (Phi) is 5.14. The van der Waals surface area contributed by atoms with Gasteiger partial charge in [0.2, 0.25) is 0 Å². The maximum absolute atomic E-state index is 5.41. The van der Waals surface area contributed by atoms with Crippen molar-refractivity contribution in [2.45, 2.75) is 12.8 Å². The van der Waals surface area contributed by atoms with Crippen molar-refractivity contribution in [2.75, 3.05) is 0 Å².